The summed E-state index contributed by atoms with van der Waals surface area (Å²) in [4.78, 5) is 16.9. The minimum atomic E-state index is -4.48. The Labute approximate surface area is 98.2 Å². The molecule has 0 fully saturated rings. The van der Waals surface area contributed by atoms with Crippen LogP contribution in [0.2, 0.25) is 0 Å². The van der Waals surface area contributed by atoms with Crippen LogP contribution in [-0.4, -0.2) is 33.8 Å². The normalized spacial score (nSPS) is 11.7. The van der Waals surface area contributed by atoms with Gasteiger partial charge in [0.25, 0.3) is 0 Å². The molecule has 2 rings (SSSR count). The van der Waals surface area contributed by atoms with Gasteiger partial charge in [0.05, 0.1) is 10.9 Å². The summed E-state index contributed by atoms with van der Waals surface area (Å²) in [6.45, 7) is -1.48. The third-order valence-electron chi connectivity index (χ3n) is 2.11. The van der Waals surface area contributed by atoms with Gasteiger partial charge >= 0.3 is 12.1 Å². The number of pyridine rings is 1. The van der Waals surface area contributed by atoms with Crippen molar-refractivity contribution in [2.75, 3.05) is 6.61 Å². The Kier molecular flexibility index (Phi) is 2.85. The molecule has 5 nitrogen and oxygen atoms in total. The molecule has 96 valence electrons. The molecule has 8 heteroatoms. The van der Waals surface area contributed by atoms with Crippen molar-refractivity contribution in [1.29, 1.82) is 0 Å². The van der Waals surface area contributed by atoms with E-state index in [1.807, 2.05) is 0 Å². The summed E-state index contributed by atoms with van der Waals surface area (Å²) in [5.41, 5.74) is 0.203. The van der Waals surface area contributed by atoms with E-state index >= 15 is 0 Å². The van der Waals surface area contributed by atoms with Crippen molar-refractivity contribution in [3.8, 4) is 5.88 Å². The fourth-order valence-corrected chi connectivity index (χ4v) is 1.41. The van der Waals surface area contributed by atoms with Crippen molar-refractivity contribution in [3.63, 3.8) is 0 Å². The Morgan fingerprint density at radius 3 is 2.83 bits per heavy atom. The van der Waals surface area contributed by atoms with Gasteiger partial charge in [-0.15, -0.1) is 0 Å². The number of rotatable bonds is 3. The van der Waals surface area contributed by atoms with Gasteiger partial charge in [0.1, 0.15) is 5.69 Å². The fourth-order valence-electron chi connectivity index (χ4n) is 1.41. The first-order valence-electron chi connectivity index (χ1n) is 4.77. The minimum absolute atomic E-state index is 0.144. The lowest BCUT2D eigenvalue weighted by Crippen LogP contribution is -2.19. The zero-order chi connectivity index (χ0) is 13.3. The highest BCUT2D eigenvalue weighted by molar-refractivity contribution is 5.95. The lowest BCUT2D eigenvalue weighted by Gasteiger charge is -2.08. The third-order valence-corrected chi connectivity index (χ3v) is 2.11. The van der Waals surface area contributed by atoms with Crippen LogP contribution in [0.5, 0.6) is 5.88 Å². The van der Waals surface area contributed by atoms with E-state index in [9.17, 15) is 18.0 Å². The average molecular weight is 260 g/mol. The van der Waals surface area contributed by atoms with E-state index in [0.717, 1.165) is 0 Å². The average Bonchev–Trinajstić information content (AvgIpc) is 2.69. The number of carboxylic acid groups (broad SMARTS) is 1. The number of alkyl halides is 3. The Morgan fingerprint density at radius 2 is 2.22 bits per heavy atom. The fraction of sp³-hybridized carbons (Fsp3) is 0.200. The molecular formula is C10H7F3N2O3. The maximum absolute atomic E-state index is 12.0. The van der Waals surface area contributed by atoms with Crippen molar-refractivity contribution in [3.05, 3.63) is 24.0 Å². The highest BCUT2D eigenvalue weighted by Crippen LogP contribution is 2.25. The number of nitrogens with one attached hydrogen (secondary N) is 1. The number of H-pyrrole nitrogens is 1. The van der Waals surface area contributed by atoms with Gasteiger partial charge in [-0.3, -0.25) is 0 Å². The number of nitrogens with zero attached hydrogens (tertiary/aromatic N) is 1. The monoisotopic (exact) mass is 260 g/mol. The molecule has 0 radical (unpaired) electrons. The molecule has 0 saturated heterocycles. The molecule has 2 heterocycles. The van der Waals surface area contributed by atoms with Crippen molar-refractivity contribution < 1.29 is 27.8 Å². The predicted molar refractivity (Wildman–Crippen MR) is 54.6 cm³/mol. The Bertz CT molecular complexity index is 592. The summed E-state index contributed by atoms with van der Waals surface area (Å²) in [5, 5.41) is 8.96. The quantitative estimate of drug-likeness (QED) is 0.887. The topological polar surface area (TPSA) is 75.2 Å². The van der Waals surface area contributed by atoms with Crippen molar-refractivity contribution in [1.82, 2.24) is 9.97 Å². The van der Waals surface area contributed by atoms with E-state index in [1.54, 1.807) is 0 Å². The van der Waals surface area contributed by atoms with Gasteiger partial charge in [0, 0.05) is 6.20 Å². The number of fused-ring (bicyclic) bond motifs is 1. The summed E-state index contributed by atoms with van der Waals surface area (Å²) in [7, 11) is 0. The van der Waals surface area contributed by atoms with Crippen molar-refractivity contribution in [2.24, 2.45) is 0 Å². The molecule has 2 aromatic heterocycles. The van der Waals surface area contributed by atoms with Crippen molar-refractivity contribution >= 4 is 16.9 Å². The molecule has 0 amide bonds. The molecule has 0 aromatic carbocycles. The minimum Gasteiger partial charge on any atom is -0.477 e. The van der Waals surface area contributed by atoms with Crippen LogP contribution in [-0.2, 0) is 0 Å². The second-order valence-electron chi connectivity index (χ2n) is 3.47. The number of aromatic carboxylic acids is 1. The third kappa shape index (κ3) is 2.53. The molecule has 0 aliphatic rings. The molecule has 0 saturated carbocycles. The number of hydrogen-bond donors (Lipinski definition) is 2. The molecular weight excluding hydrogens is 253 g/mol. The highest BCUT2D eigenvalue weighted by Gasteiger charge is 2.29. The standard InChI is InChI=1S/C10H7F3N2O3/c11-10(12,13)4-18-8-5-3-7(9(16)17)15-6(5)1-2-14-8/h1-3,15H,4H2,(H,16,17). The van der Waals surface area contributed by atoms with E-state index in [4.69, 9.17) is 5.11 Å². The maximum Gasteiger partial charge on any atom is 0.422 e. The van der Waals surface area contributed by atoms with Gasteiger partial charge in [-0.05, 0) is 12.1 Å². The number of ether oxygens (including phenoxy) is 1. The summed E-state index contributed by atoms with van der Waals surface area (Å²) >= 11 is 0. The van der Waals surface area contributed by atoms with Gasteiger partial charge in [-0.25, -0.2) is 9.78 Å². The van der Waals surface area contributed by atoms with Gasteiger partial charge in [-0.2, -0.15) is 13.2 Å². The summed E-state index contributed by atoms with van der Waals surface area (Å²) in [6, 6.07) is 2.62. The molecule has 2 N–H and O–H groups in total. The van der Waals surface area contributed by atoms with Gasteiger partial charge < -0.3 is 14.8 Å². The van der Waals surface area contributed by atoms with E-state index < -0.39 is 18.8 Å². The first-order valence-corrected chi connectivity index (χ1v) is 4.77. The molecule has 0 aliphatic carbocycles. The smallest absolute Gasteiger partial charge is 0.422 e. The number of carboxylic acids is 1. The zero-order valence-electron chi connectivity index (χ0n) is 8.78. The molecule has 0 bridgehead atoms. The number of carbonyl (C=O) groups is 1. The van der Waals surface area contributed by atoms with E-state index in [0.29, 0.717) is 5.52 Å². The van der Waals surface area contributed by atoms with Crippen LogP contribution in [0.3, 0.4) is 0 Å². The summed E-state index contributed by atoms with van der Waals surface area (Å²) < 4.78 is 40.6. The second-order valence-corrected chi connectivity index (χ2v) is 3.47. The van der Waals surface area contributed by atoms with Crippen LogP contribution >= 0.6 is 0 Å². The van der Waals surface area contributed by atoms with Crippen LogP contribution < -0.4 is 4.74 Å². The van der Waals surface area contributed by atoms with Crippen LogP contribution in [0, 0.1) is 0 Å². The molecule has 0 atom stereocenters. The summed E-state index contributed by atoms with van der Waals surface area (Å²) in [6.07, 6.45) is -3.24. The number of aromatic nitrogens is 2. The van der Waals surface area contributed by atoms with Gasteiger partial charge in [0.15, 0.2) is 6.61 Å². The predicted octanol–water partition coefficient (Wildman–Crippen LogP) is 2.20. The van der Waals surface area contributed by atoms with Gasteiger partial charge in [-0.1, -0.05) is 0 Å². The van der Waals surface area contributed by atoms with Crippen LogP contribution in [0.1, 0.15) is 10.5 Å². The molecule has 2 aromatic rings. The molecule has 0 spiro atoms. The Balaban J connectivity index is 2.36. The Hall–Kier alpha value is -2.25. The number of hydrogen-bond acceptors (Lipinski definition) is 3. The molecule has 0 aliphatic heterocycles. The first-order chi connectivity index (χ1) is 8.37. The lowest BCUT2D eigenvalue weighted by molar-refractivity contribution is -0.153. The maximum atomic E-state index is 12.0. The van der Waals surface area contributed by atoms with Crippen LogP contribution in [0.15, 0.2) is 18.3 Å². The molecule has 0 unspecified atom stereocenters. The second kappa shape index (κ2) is 4.21. The van der Waals surface area contributed by atoms with Gasteiger partial charge in [0.2, 0.25) is 5.88 Å². The SMILES string of the molecule is O=C(O)c1cc2c(OCC(F)(F)F)nccc2[nH]1. The lowest BCUT2D eigenvalue weighted by atomic mass is 10.3. The van der Waals surface area contributed by atoms with E-state index in [-0.39, 0.29) is 17.0 Å². The largest absolute Gasteiger partial charge is 0.477 e. The van der Waals surface area contributed by atoms with E-state index in [1.165, 1.54) is 18.3 Å². The van der Waals surface area contributed by atoms with E-state index in [2.05, 4.69) is 14.7 Å². The first kappa shape index (κ1) is 12.2. The zero-order valence-corrected chi connectivity index (χ0v) is 8.78. The highest BCUT2D eigenvalue weighted by atomic mass is 19.4. The van der Waals surface area contributed by atoms with Crippen molar-refractivity contribution in [2.45, 2.75) is 6.18 Å². The Morgan fingerprint density at radius 1 is 1.50 bits per heavy atom. The summed E-state index contributed by atoms with van der Waals surface area (Å²) in [5.74, 6) is -1.47. The number of halogens is 3. The number of aromatic amines is 1. The molecule has 18 heavy (non-hydrogen) atoms. The van der Waals surface area contributed by atoms with Crippen LogP contribution in [0.4, 0.5) is 13.2 Å². The van der Waals surface area contributed by atoms with Crippen LogP contribution in [0.25, 0.3) is 10.9 Å².